The maximum Gasteiger partial charge on any atom is 0.247 e. The Labute approximate surface area is 227 Å². The molecule has 3 aliphatic rings. The number of nitrogens with zero attached hydrogens (tertiary/aromatic N) is 3. The van der Waals surface area contributed by atoms with Crippen LogP contribution in [0.25, 0.3) is 0 Å². The molecule has 2 unspecified atom stereocenters. The highest BCUT2D eigenvalue weighted by atomic mass is 32.2. The molecule has 0 aliphatic carbocycles. The number of carbonyl (C=O) groups excluding carboxylic acids is 3. The van der Waals surface area contributed by atoms with Gasteiger partial charge in [-0.3, -0.25) is 14.4 Å². The lowest BCUT2D eigenvalue weighted by molar-refractivity contribution is -0.147. The first-order valence-corrected chi connectivity index (χ1v) is 14.7. The fraction of sp³-hybridized carbons (Fsp3) is 0.759. The van der Waals surface area contributed by atoms with Gasteiger partial charge in [-0.25, -0.2) is 0 Å². The largest absolute Gasteiger partial charge is 0.394 e. The highest BCUT2D eigenvalue weighted by Crippen LogP contribution is 2.72. The maximum atomic E-state index is 14.4. The summed E-state index contributed by atoms with van der Waals surface area (Å²) >= 11 is 1.69. The van der Waals surface area contributed by atoms with Crippen LogP contribution in [-0.4, -0.2) is 92.4 Å². The average Bonchev–Trinajstić information content (AvgIpc) is 3.42. The number of hydrogen-bond acceptors (Lipinski definition) is 5. The summed E-state index contributed by atoms with van der Waals surface area (Å²) in [5.41, 5.74) is 0. The van der Waals surface area contributed by atoms with Gasteiger partial charge in [0.2, 0.25) is 17.7 Å². The van der Waals surface area contributed by atoms with E-state index in [1.165, 1.54) is 0 Å². The Morgan fingerprint density at radius 2 is 1.86 bits per heavy atom. The zero-order chi connectivity index (χ0) is 27.5. The summed E-state index contributed by atoms with van der Waals surface area (Å²) in [4.78, 5) is 47.7. The van der Waals surface area contributed by atoms with Crippen molar-refractivity contribution in [1.82, 2.24) is 14.7 Å². The van der Waals surface area contributed by atoms with Crippen molar-refractivity contribution >= 4 is 29.5 Å². The summed E-state index contributed by atoms with van der Waals surface area (Å²) in [5, 5.41) is 10.5. The quantitative estimate of drug-likeness (QED) is 0.272. The van der Waals surface area contributed by atoms with E-state index in [0.29, 0.717) is 32.5 Å². The number of aliphatic hydroxyl groups excluding tert-OH is 1. The van der Waals surface area contributed by atoms with Gasteiger partial charge in [0.15, 0.2) is 0 Å². The van der Waals surface area contributed by atoms with E-state index in [-0.39, 0.29) is 30.2 Å². The third-order valence-corrected chi connectivity index (χ3v) is 10.5. The molecule has 3 amide bonds. The minimum atomic E-state index is -0.697. The first kappa shape index (κ1) is 29.8. The molecule has 1 N–H and O–H groups in total. The van der Waals surface area contributed by atoms with Crippen molar-refractivity contribution in [2.24, 2.45) is 17.8 Å². The molecule has 3 fully saturated rings. The fourth-order valence-electron chi connectivity index (χ4n) is 6.93. The lowest BCUT2D eigenvalue weighted by Gasteiger charge is -2.40. The number of thioether (sulfide) groups is 1. The molecule has 0 aromatic rings. The van der Waals surface area contributed by atoms with Gasteiger partial charge in [-0.2, -0.15) is 0 Å². The van der Waals surface area contributed by atoms with Crippen LogP contribution in [0.1, 0.15) is 66.2 Å². The molecule has 0 aromatic carbocycles. The molecular weight excluding hydrogens is 486 g/mol. The molecule has 8 heteroatoms. The van der Waals surface area contributed by atoms with Crippen molar-refractivity contribution in [2.45, 2.75) is 87.8 Å². The molecule has 0 radical (unpaired) electrons. The zero-order valence-electron chi connectivity index (χ0n) is 23.4. The third-order valence-electron chi connectivity index (χ3n) is 8.53. The zero-order valence-corrected chi connectivity index (χ0v) is 24.3. The first-order chi connectivity index (χ1) is 17.5. The third kappa shape index (κ3) is 5.25. The Morgan fingerprint density at radius 1 is 1.19 bits per heavy atom. The van der Waals surface area contributed by atoms with Crippen molar-refractivity contribution in [1.29, 1.82) is 0 Å². The number of fused-ring (bicyclic) bond motifs is 1. The second-order valence-electron chi connectivity index (χ2n) is 11.7. The first-order valence-electron chi connectivity index (χ1n) is 13.9. The van der Waals surface area contributed by atoms with Crippen molar-refractivity contribution < 1.29 is 19.5 Å². The minimum Gasteiger partial charge on any atom is -0.394 e. The second-order valence-corrected chi connectivity index (χ2v) is 13.6. The molecule has 3 heterocycles. The highest BCUT2D eigenvalue weighted by Gasteiger charge is 2.77. The van der Waals surface area contributed by atoms with E-state index in [9.17, 15) is 19.5 Å². The Kier molecular flexibility index (Phi) is 9.60. The molecule has 2 bridgehead atoms. The van der Waals surface area contributed by atoms with Crippen LogP contribution in [0, 0.1) is 17.8 Å². The predicted molar refractivity (Wildman–Crippen MR) is 150 cm³/mol. The van der Waals surface area contributed by atoms with E-state index in [1.807, 2.05) is 4.90 Å². The van der Waals surface area contributed by atoms with Gasteiger partial charge in [-0.15, -0.1) is 24.9 Å². The van der Waals surface area contributed by atoms with Crippen LogP contribution in [0.5, 0.6) is 0 Å². The number of likely N-dealkylation sites (N-methyl/N-ethyl adjacent to an activating group) is 1. The number of hydrogen-bond donors (Lipinski definition) is 1. The molecule has 3 aliphatic heterocycles. The van der Waals surface area contributed by atoms with E-state index in [1.54, 1.807) is 40.8 Å². The number of amides is 3. The van der Waals surface area contributed by atoms with E-state index < -0.39 is 33.4 Å². The smallest absolute Gasteiger partial charge is 0.247 e. The summed E-state index contributed by atoms with van der Waals surface area (Å²) in [6.45, 7) is 17.2. The van der Waals surface area contributed by atoms with Gasteiger partial charge in [-0.1, -0.05) is 45.8 Å². The molecule has 7 nitrogen and oxygen atoms in total. The lowest BCUT2D eigenvalue weighted by atomic mass is 9.66. The molecule has 6 atom stereocenters. The minimum absolute atomic E-state index is 0.0572. The molecule has 0 aromatic heterocycles. The number of unbranched alkanes of at least 4 members (excludes halogenated alkanes) is 2. The van der Waals surface area contributed by atoms with Gasteiger partial charge in [0.25, 0.3) is 0 Å². The van der Waals surface area contributed by atoms with Gasteiger partial charge in [0.1, 0.15) is 6.04 Å². The van der Waals surface area contributed by atoms with Crippen molar-refractivity contribution in [3.8, 4) is 0 Å². The standard InChI is InChI=1S/C29H47N3O4S/c1-8-11-12-17-31(16-10-3)27(36)24-29-14-13-28(6,37-29)22(25(34)30(7)15-9-2)23(29)26(35)32(24)21(19-33)18-20(4)5/h9-10,20-24,33H,2-3,8,11-19H2,1,4-7H3/t21-,22+,23+,24?,28-,29?/m1/s1. The topological polar surface area (TPSA) is 81.2 Å². The summed E-state index contributed by atoms with van der Waals surface area (Å²) < 4.78 is -1.08. The number of rotatable bonds is 14. The maximum absolute atomic E-state index is 14.4. The Morgan fingerprint density at radius 3 is 2.43 bits per heavy atom. The van der Waals surface area contributed by atoms with Crippen LogP contribution >= 0.6 is 11.8 Å². The average molecular weight is 534 g/mol. The Balaban J connectivity index is 2.10. The summed E-state index contributed by atoms with van der Waals surface area (Å²) in [6.07, 6.45) is 8.49. The normalized spacial score (nSPS) is 30.9. The van der Waals surface area contributed by atoms with Gasteiger partial charge in [0, 0.05) is 31.4 Å². The number of aliphatic hydroxyl groups is 1. The van der Waals surface area contributed by atoms with E-state index in [4.69, 9.17) is 0 Å². The molecule has 208 valence electrons. The number of carbonyl (C=O) groups is 3. The molecule has 0 saturated carbocycles. The van der Waals surface area contributed by atoms with E-state index >= 15 is 0 Å². The van der Waals surface area contributed by atoms with Crippen LogP contribution in [0.4, 0.5) is 0 Å². The van der Waals surface area contributed by atoms with E-state index in [0.717, 1.165) is 25.7 Å². The van der Waals surface area contributed by atoms with Crippen LogP contribution in [0.15, 0.2) is 25.3 Å². The number of likely N-dealkylation sites (tertiary alicyclic amines) is 1. The van der Waals surface area contributed by atoms with Gasteiger partial charge in [-0.05, 0) is 38.5 Å². The summed E-state index contributed by atoms with van der Waals surface area (Å²) in [6, 6.07) is -1.16. The van der Waals surface area contributed by atoms with Crippen molar-refractivity contribution in [3.05, 3.63) is 25.3 Å². The Bertz CT molecular complexity index is 894. The van der Waals surface area contributed by atoms with Crippen LogP contribution in [0.2, 0.25) is 0 Å². The van der Waals surface area contributed by atoms with Crippen molar-refractivity contribution in [2.75, 3.05) is 33.3 Å². The summed E-state index contributed by atoms with van der Waals surface area (Å²) in [5.74, 6) is -1.11. The van der Waals surface area contributed by atoms with E-state index in [2.05, 4.69) is 40.9 Å². The molecule has 3 rings (SSSR count). The Hall–Kier alpha value is -1.80. The molecule has 3 saturated heterocycles. The molecule has 1 spiro atoms. The lowest BCUT2D eigenvalue weighted by Crippen LogP contribution is -2.57. The van der Waals surface area contributed by atoms with Gasteiger partial charge >= 0.3 is 0 Å². The SMILES string of the molecule is C=CCN(C)C(=O)[C@@H]1[C@H]2C(=O)N([C@@H](CO)CC(C)C)C(C(=O)N(CC=C)CCCCC)C23CC[C@@]1(C)S3. The fourth-order valence-corrected chi connectivity index (χ4v) is 9.26. The van der Waals surface area contributed by atoms with Crippen LogP contribution < -0.4 is 0 Å². The van der Waals surface area contributed by atoms with Crippen LogP contribution in [-0.2, 0) is 14.4 Å². The van der Waals surface area contributed by atoms with Crippen LogP contribution in [0.3, 0.4) is 0 Å². The second kappa shape index (κ2) is 11.9. The predicted octanol–water partition coefficient (Wildman–Crippen LogP) is 3.72. The molecule has 37 heavy (non-hydrogen) atoms. The van der Waals surface area contributed by atoms with Crippen molar-refractivity contribution in [3.63, 3.8) is 0 Å². The molecular formula is C29H47N3O4S. The summed E-state index contributed by atoms with van der Waals surface area (Å²) in [7, 11) is 1.76. The van der Waals surface area contributed by atoms with Gasteiger partial charge < -0.3 is 19.8 Å². The van der Waals surface area contributed by atoms with Gasteiger partial charge in [0.05, 0.1) is 29.2 Å². The highest BCUT2D eigenvalue weighted by molar-refractivity contribution is 8.02. The monoisotopic (exact) mass is 533 g/mol.